The van der Waals surface area contributed by atoms with Crippen molar-refractivity contribution >= 4 is 17.0 Å². The van der Waals surface area contributed by atoms with E-state index in [2.05, 4.69) is 9.97 Å². The predicted octanol–water partition coefficient (Wildman–Crippen LogP) is 3.53. The number of hydrogen-bond acceptors (Lipinski definition) is 8. The van der Waals surface area contributed by atoms with Gasteiger partial charge >= 0.3 is 5.97 Å². The SMILES string of the molecule is COc1cc(-c2nc(-c3cn(CC(=O)O)c4ncccc34)[nH]c2-c2oc(C)cc(=O)c2O)ccc1O. The maximum absolute atomic E-state index is 12.3. The molecule has 4 N–H and O–H groups in total. The Labute approximate surface area is 202 Å². The molecule has 1 aromatic carbocycles. The van der Waals surface area contributed by atoms with E-state index in [9.17, 15) is 24.9 Å². The van der Waals surface area contributed by atoms with Crippen LogP contribution in [0.15, 0.2) is 58.0 Å². The molecule has 4 heterocycles. The highest BCUT2D eigenvalue weighted by molar-refractivity contribution is 5.94. The van der Waals surface area contributed by atoms with E-state index in [0.29, 0.717) is 33.7 Å². The van der Waals surface area contributed by atoms with Gasteiger partial charge in [0.25, 0.3) is 0 Å². The summed E-state index contributed by atoms with van der Waals surface area (Å²) in [6.45, 7) is 1.27. The van der Waals surface area contributed by atoms with Gasteiger partial charge in [0.05, 0.1) is 7.11 Å². The molecular weight excluding hydrogens is 468 g/mol. The van der Waals surface area contributed by atoms with Crippen molar-refractivity contribution in [2.75, 3.05) is 7.11 Å². The first-order valence-electron chi connectivity index (χ1n) is 10.7. The molecule has 0 saturated carbocycles. The molecule has 0 aliphatic carbocycles. The number of aliphatic carboxylic acids is 1. The van der Waals surface area contributed by atoms with Crippen LogP contribution in [-0.4, -0.2) is 47.9 Å². The Kier molecular flexibility index (Phi) is 5.44. The molecule has 5 aromatic rings. The number of pyridine rings is 1. The third kappa shape index (κ3) is 3.82. The number of carboxylic acids is 1. The largest absolute Gasteiger partial charge is 0.504 e. The zero-order valence-electron chi connectivity index (χ0n) is 19.1. The van der Waals surface area contributed by atoms with Gasteiger partial charge in [0.2, 0.25) is 11.2 Å². The number of benzene rings is 1. The number of carboxylic acid groups (broad SMARTS) is 1. The van der Waals surface area contributed by atoms with Crippen molar-refractivity contribution in [3.8, 4) is 51.3 Å². The van der Waals surface area contributed by atoms with Gasteiger partial charge in [-0.3, -0.25) is 9.59 Å². The Hall–Kier alpha value is -5.06. The summed E-state index contributed by atoms with van der Waals surface area (Å²) in [6.07, 6.45) is 3.17. The topological polar surface area (TPSA) is 164 Å². The molecule has 0 atom stereocenters. The summed E-state index contributed by atoms with van der Waals surface area (Å²) in [7, 11) is 1.41. The van der Waals surface area contributed by atoms with Crippen LogP contribution < -0.4 is 10.2 Å². The van der Waals surface area contributed by atoms with Crippen LogP contribution >= 0.6 is 0 Å². The minimum atomic E-state index is -1.03. The molecule has 36 heavy (non-hydrogen) atoms. The molecule has 11 nitrogen and oxygen atoms in total. The van der Waals surface area contributed by atoms with Crippen LogP contribution in [0.1, 0.15) is 5.76 Å². The molecule has 0 amide bonds. The maximum Gasteiger partial charge on any atom is 0.323 e. The van der Waals surface area contributed by atoms with Gasteiger partial charge in [-0.25, -0.2) is 9.97 Å². The van der Waals surface area contributed by atoms with Gasteiger partial charge in [-0.15, -0.1) is 0 Å². The van der Waals surface area contributed by atoms with Crippen LogP contribution in [-0.2, 0) is 11.3 Å². The zero-order valence-corrected chi connectivity index (χ0v) is 19.1. The average Bonchev–Trinajstić information content (AvgIpc) is 3.44. The Morgan fingerprint density at radius 2 is 2.03 bits per heavy atom. The number of nitrogens with zero attached hydrogens (tertiary/aromatic N) is 3. The molecule has 0 radical (unpaired) electrons. The Balaban J connectivity index is 1.80. The number of phenolic OH excluding ortho intramolecular Hbond substituents is 1. The Morgan fingerprint density at radius 3 is 2.78 bits per heavy atom. The number of carbonyl (C=O) groups is 1. The highest BCUT2D eigenvalue weighted by Gasteiger charge is 2.24. The highest BCUT2D eigenvalue weighted by Crippen LogP contribution is 2.40. The maximum atomic E-state index is 12.3. The molecule has 5 rings (SSSR count). The molecule has 0 fully saturated rings. The highest BCUT2D eigenvalue weighted by atomic mass is 16.5. The summed E-state index contributed by atoms with van der Waals surface area (Å²) >= 11 is 0. The minimum absolute atomic E-state index is 0.0775. The van der Waals surface area contributed by atoms with Crippen LogP contribution in [0.25, 0.3) is 45.1 Å². The number of aromatic hydroxyl groups is 2. The summed E-state index contributed by atoms with van der Waals surface area (Å²) in [5.41, 5.74) is 1.38. The van der Waals surface area contributed by atoms with Crippen LogP contribution in [0, 0.1) is 6.92 Å². The smallest absolute Gasteiger partial charge is 0.323 e. The van der Waals surface area contributed by atoms with Gasteiger partial charge in [-0.05, 0) is 37.3 Å². The van der Waals surface area contributed by atoms with Crippen LogP contribution in [0.3, 0.4) is 0 Å². The summed E-state index contributed by atoms with van der Waals surface area (Å²) in [5, 5.41) is 30.6. The minimum Gasteiger partial charge on any atom is -0.504 e. The number of aromatic nitrogens is 4. The molecule has 0 aliphatic rings. The molecule has 0 saturated heterocycles. The van der Waals surface area contributed by atoms with Gasteiger partial charge in [-0.1, -0.05) is 0 Å². The Bertz CT molecular complexity index is 1700. The van der Waals surface area contributed by atoms with Gasteiger partial charge < -0.3 is 34.0 Å². The van der Waals surface area contributed by atoms with E-state index in [1.165, 1.54) is 23.8 Å². The molecule has 0 unspecified atom stereocenters. The van der Waals surface area contributed by atoms with Crippen molar-refractivity contribution in [1.82, 2.24) is 19.5 Å². The summed E-state index contributed by atoms with van der Waals surface area (Å²) < 4.78 is 12.4. The first kappa shape index (κ1) is 22.7. The van der Waals surface area contributed by atoms with E-state index in [4.69, 9.17) is 14.1 Å². The lowest BCUT2D eigenvalue weighted by atomic mass is 10.1. The number of ether oxygens (including phenoxy) is 1. The van der Waals surface area contributed by atoms with Crippen molar-refractivity contribution in [2.45, 2.75) is 13.5 Å². The van der Waals surface area contributed by atoms with Crippen molar-refractivity contribution < 1.29 is 29.3 Å². The average molecular weight is 488 g/mol. The number of H-pyrrole nitrogens is 1. The second-order valence-electron chi connectivity index (χ2n) is 8.03. The van der Waals surface area contributed by atoms with E-state index in [1.807, 2.05) is 0 Å². The Morgan fingerprint density at radius 1 is 1.22 bits per heavy atom. The number of hydrogen-bond donors (Lipinski definition) is 4. The second-order valence-corrected chi connectivity index (χ2v) is 8.03. The monoisotopic (exact) mass is 488 g/mol. The quantitative estimate of drug-likeness (QED) is 0.280. The van der Waals surface area contributed by atoms with E-state index in [-0.39, 0.29) is 35.3 Å². The summed E-state index contributed by atoms with van der Waals surface area (Å²) in [6, 6.07) is 9.26. The molecule has 182 valence electrons. The number of aromatic amines is 1. The first-order valence-corrected chi connectivity index (χ1v) is 10.7. The fourth-order valence-corrected chi connectivity index (χ4v) is 4.05. The van der Waals surface area contributed by atoms with E-state index >= 15 is 0 Å². The van der Waals surface area contributed by atoms with Crippen LogP contribution in [0.5, 0.6) is 17.2 Å². The molecule has 0 spiro atoms. The third-order valence-electron chi connectivity index (χ3n) is 5.62. The van der Waals surface area contributed by atoms with Crippen LogP contribution in [0.4, 0.5) is 0 Å². The number of methoxy groups -OCH3 is 1. The van der Waals surface area contributed by atoms with Gasteiger partial charge in [0.1, 0.15) is 35.2 Å². The molecular formula is C25H20N4O7. The third-order valence-corrected chi connectivity index (χ3v) is 5.62. The number of aryl methyl sites for hydroxylation is 1. The number of imidazole rings is 1. The van der Waals surface area contributed by atoms with Crippen molar-refractivity contribution in [3.05, 3.63) is 64.8 Å². The molecule has 4 aromatic heterocycles. The summed E-state index contributed by atoms with van der Waals surface area (Å²) in [4.78, 5) is 35.9. The van der Waals surface area contributed by atoms with E-state index < -0.39 is 17.1 Å². The second kappa shape index (κ2) is 8.62. The lowest BCUT2D eigenvalue weighted by Crippen LogP contribution is -2.07. The molecule has 11 heteroatoms. The summed E-state index contributed by atoms with van der Waals surface area (Å²) in [5.74, 6) is -1.04. The van der Waals surface area contributed by atoms with Gasteiger partial charge in [-0.2, -0.15) is 0 Å². The predicted molar refractivity (Wildman–Crippen MR) is 129 cm³/mol. The normalized spacial score (nSPS) is 11.2. The van der Waals surface area contributed by atoms with Gasteiger partial charge in [0.15, 0.2) is 17.3 Å². The number of phenols is 1. The fourth-order valence-electron chi connectivity index (χ4n) is 4.05. The van der Waals surface area contributed by atoms with Crippen molar-refractivity contribution in [2.24, 2.45) is 0 Å². The van der Waals surface area contributed by atoms with E-state index in [1.54, 1.807) is 43.6 Å². The van der Waals surface area contributed by atoms with Gasteiger partial charge in [0, 0.05) is 35.0 Å². The number of fused-ring (bicyclic) bond motifs is 1. The first-order chi connectivity index (χ1) is 17.3. The number of rotatable bonds is 6. The standard InChI is InChI=1S/C25H20N4O7/c1-12-8-17(31)22(34)23(36-12)21-20(13-5-6-16(30)18(9-13)35-2)27-24(28-21)15-10-29(11-19(32)33)25-14(15)4-3-7-26-25/h3-10,30,34H,11H2,1-2H3,(H,27,28)(H,32,33). The molecule has 0 aliphatic heterocycles. The van der Waals surface area contributed by atoms with Crippen molar-refractivity contribution in [3.63, 3.8) is 0 Å². The van der Waals surface area contributed by atoms with Crippen LogP contribution in [0.2, 0.25) is 0 Å². The van der Waals surface area contributed by atoms with Crippen molar-refractivity contribution in [1.29, 1.82) is 0 Å². The number of nitrogens with one attached hydrogen (secondary N) is 1. The molecule has 0 bridgehead atoms. The lowest BCUT2D eigenvalue weighted by Gasteiger charge is -2.08. The van der Waals surface area contributed by atoms with E-state index in [0.717, 1.165) is 0 Å². The fraction of sp³-hybridized carbons (Fsp3) is 0.120. The lowest BCUT2D eigenvalue weighted by molar-refractivity contribution is -0.137. The zero-order chi connectivity index (χ0) is 25.6.